The van der Waals surface area contributed by atoms with Gasteiger partial charge in [-0.1, -0.05) is 101 Å². The number of hydrogen-bond acceptors (Lipinski definition) is 0. The molecule has 1 unspecified atom stereocenters. The van der Waals surface area contributed by atoms with E-state index in [4.69, 9.17) is 0 Å². The Kier molecular flexibility index (Phi) is 11.0. The topological polar surface area (TPSA) is 0 Å². The molecule has 0 heterocycles. The third-order valence-electron chi connectivity index (χ3n) is 11.1. The molecule has 218 valence electrons. The number of unbranched alkanes of at least 4 members (excludes halogenated alkanes) is 3. The van der Waals surface area contributed by atoms with E-state index in [1.54, 1.807) is 5.56 Å². The Hall–Kier alpha value is -1.89. The Labute approximate surface area is 245 Å². The molecule has 0 radical (unpaired) electrons. The number of halogens is 1. The summed E-state index contributed by atoms with van der Waals surface area (Å²) in [7, 11) is 0. The molecule has 0 spiro atoms. The minimum Gasteiger partial charge on any atom is -0.207 e. The fraction of sp³-hybridized carbons (Fsp3) is 0.641. The Morgan fingerprint density at radius 2 is 1.35 bits per heavy atom. The van der Waals surface area contributed by atoms with E-state index in [1.807, 2.05) is 12.1 Å². The predicted molar refractivity (Wildman–Crippen MR) is 170 cm³/mol. The zero-order chi connectivity index (χ0) is 27.7. The van der Waals surface area contributed by atoms with Crippen molar-refractivity contribution in [1.29, 1.82) is 0 Å². The maximum Gasteiger partial charge on any atom is 0.126 e. The van der Waals surface area contributed by atoms with Gasteiger partial charge in [-0.15, -0.1) is 0 Å². The number of rotatable bonds is 11. The molecule has 2 aromatic carbocycles. The van der Waals surface area contributed by atoms with Gasteiger partial charge in [0.2, 0.25) is 0 Å². The van der Waals surface area contributed by atoms with Gasteiger partial charge in [-0.2, -0.15) is 0 Å². The van der Waals surface area contributed by atoms with E-state index in [0.29, 0.717) is 5.92 Å². The first kappa shape index (κ1) is 29.6. The zero-order valence-electron chi connectivity index (χ0n) is 25.6. The van der Waals surface area contributed by atoms with Crippen molar-refractivity contribution in [2.75, 3.05) is 0 Å². The molecule has 2 aromatic rings. The zero-order valence-corrected chi connectivity index (χ0v) is 25.6. The second-order valence-corrected chi connectivity index (χ2v) is 13.7. The molecule has 5 rings (SSSR count). The van der Waals surface area contributed by atoms with Gasteiger partial charge in [0.1, 0.15) is 5.82 Å². The summed E-state index contributed by atoms with van der Waals surface area (Å²) in [5.74, 6) is 4.25. The van der Waals surface area contributed by atoms with Gasteiger partial charge in [0.15, 0.2) is 0 Å². The molecule has 1 atom stereocenters. The van der Waals surface area contributed by atoms with Crippen molar-refractivity contribution in [2.24, 2.45) is 17.8 Å². The fourth-order valence-electron chi connectivity index (χ4n) is 8.31. The minimum atomic E-state index is -0.00414. The van der Waals surface area contributed by atoms with Crippen LogP contribution in [0.3, 0.4) is 0 Å². The Bertz CT molecular complexity index is 1060. The van der Waals surface area contributed by atoms with Crippen LogP contribution in [-0.2, 0) is 6.42 Å². The van der Waals surface area contributed by atoms with Crippen LogP contribution in [0.1, 0.15) is 157 Å². The maximum absolute atomic E-state index is 14.6. The molecule has 0 N–H and O–H groups in total. The van der Waals surface area contributed by atoms with Crippen LogP contribution in [0.15, 0.2) is 48.5 Å². The first-order valence-corrected chi connectivity index (χ1v) is 17.2. The first-order valence-electron chi connectivity index (χ1n) is 17.2. The van der Waals surface area contributed by atoms with Gasteiger partial charge in [0, 0.05) is 0 Å². The SMILES string of the molecule is CCCCCC1CCC(C2CCC(c3ccc(C4=CCC(c5ccc(CCCC)c(F)c5)CC4)cc3)CC2)CC1. The van der Waals surface area contributed by atoms with E-state index in [-0.39, 0.29) is 5.82 Å². The minimum absolute atomic E-state index is 0.00414. The first-order chi connectivity index (χ1) is 19.6. The van der Waals surface area contributed by atoms with Crippen molar-refractivity contribution in [3.8, 4) is 0 Å². The summed E-state index contributed by atoms with van der Waals surface area (Å²) >= 11 is 0. The quantitative estimate of drug-likeness (QED) is 0.248. The lowest BCUT2D eigenvalue weighted by atomic mass is 9.68. The molecule has 2 fully saturated rings. The van der Waals surface area contributed by atoms with Crippen molar-refractivity contribution in [1.82, 2.24) is 0 Å². The van der Waals surface area contributed by atoms with E-state index >= 15 is 0 Å². The molecule has 3 aliphatic carbocycles. The molecule has 2 saturated carbocycles. The lowest BCUT2D eigenvalue weighted by molar-refractivity contribution is 0.155. The average molecular weight is 543 g/mol. The summed E-state index contributed by atoms with van der Waals surface area (Å²) < 4.78 is 14.6. The van der Waals surface area contributed by atoms with Gasteiger partial charge in [0.25, 0.3) is 0 Å². The number of benzene rings is 2. The van der Waals surface area contributed by atoms with Crippen LogP contribution in [0.2, 0.25) is 0 Å². The lowest BCUT2D eigenvalue weighted by Gasteiger charge is -2.38. The van der Waals surface area contributed by atoms with E-state index in [9.17, 15) is 4.39 Å². The summed E-state index contributed by atoms with van der Waals surface area (Å²) in [6.45, 7) is 4.49. The number of aryl methyl sites for hydroxylation is 1. The van der Waals surface area contributed by atoms with E-state index < -0.39 is 0 Å². The monoisotopic (exact) mass is 542 g/mol. The molecule has 1 heteroatoms. The largest absolute Gasteiger partial charge is 0.207 e. The Morgan fingerprint density at radius 3 is 1.98 bits per heavy atom. The van der Waals surface area contributed by atoms with Crippen molar-refractivity contribution in [2.45, 2.75) is 141 Å². The molecule has 3 aliphatic rings. The van der Waals surface area contributed by atoms with Crippen LogP contribution in [0.5, 0.6) is 0 Å². The molecular weight excluding hydrogens is 487 g/mol. The second-order valence-electron chi connectivity index (χ2n) is 13.7. The number of hydrogen-bond donors (Lipinski definition) is 0. The van der Waals surface area contributed by atoms with Gasteiger partial charge in [-0.3, -0.25) is 0 Å². The van der Waals surface area contributed by atoms with Crippen molar-refractivity contribution >= 4 is 5.57 Å². The van der Waals surface area contributed by atoms with Crippen LogP contribution >= 0.6 is 0 Å². The molecular formula is C39H55F. The molecule has 0 aliphatic heterocycles. The van der Waals surface area contributed by atoms with E-state index in [2.05, 4.69) is 50.3 Å². The van der Waals surface area contributed by atoms with Gasteiger partial charge in [0.05, 0.1) is 0 Å². The highest BCUT2D eigenvalue weighted by molar-refractivity contribution is 5.67. The molecule has 0 nitrogen and oxygen atoms in total. The van der Waals surface area contributed by atoms with E-state index in [0.717, 1.165) is 67.8 Å². The number of allylic oxidation sites excluding steroid dienone is 2. The third kappa shape index (κ3) is 7.68. The highest BCUT2D eigenvalue weighted by Crippen LogP contribution is 2.45. The lowest BCUT2D eigenvalue weighted by Crippen LogP contribution is -2.25. The summed E-state index contributed by atoms with van der Waals surface area (Å²) in [6.07, 6.45) is 26.1. The fourth-order valence-corrected chi connectivity index (χ4v) is 8.31. The van der Waals surface area contributed by atoms with Crippen molar-refractivity contribution in [3.05, 3.63) is 76.6 Å². The van der Waals surface area contributed by atoms with Crippen molar-refractivity contribution < 1.29 is 4.39 Å². The van der Waals surface area contributed by atoms with Crippen molar-refractivity contribution in [3.63, 3.8) is 0 Å². The molecule has 0 aromatic heterocycles. The third-order valence-corrected chi connectivity index (χ3v) is 11.1. The van der Waals surface area contributed by atoms with Crippen LogP contribution < -0.4 is 0 Å². The summed E-state index contributed by atoms with van der Waals surface area (Å²) in [5.41, 5.74) is 6.50. The normalized spacial score (nSPS) is 27.4. The predicted octanol–water partition coefficient (Wildman–Crippen LogP) is 12.2. The summed E-state index contributed by atoms with van der Waals surface area (Å²) in [5, 5.41) is 0. The van der Waals surface area contributed by atoms with Gasteiger partial charge in [-0.25, -0.2) is 4.39 Å². The average Bonchev–Trinajstić information content (AvgIpc) is 3.01. The van der Waals surface area contributed by atoms with Gasteiger partial charge in [-0.05, 0) is 134 Å². The second kappa shape index (κ2) is 14.8. The highest BCUT2D eigenvalue weighted by Gasteiger charge is 2.31. The van der Waals surface area contributed by atoms with Crippen LogP contribution in [0, 0.1) is 23.6 Å². The molecule has 0 bridgehead atoms. The van der Waals surface area contributed by atoms with E-state index in [1.165, 1.54) is 93.7 Å². The molecule has 0 amide bonds. The highest BCUT2D eigenvalue weighted by atomic mass is 19.1. The van der Waals surface area contributed by atoms with Crippen LogP contribution in [-0.4, -0.2) is 0 Å². The molecule has 0 saturated heterocycles. The smallest absolute Gasteiger partial charge is 0.126 e. The maximum atomic E-state index is 14.6. The van der Waals surface area contributed by atoms with Crippen LogP contribution in [0.4, 0.5) is 4.39 Å². The van der Waals surface area contributed by atoms with Gasteiger partial charge >= 0.3 is 0 Å². The summed E-state index contributed by atoms with van der Waals surface area (Å²) in [4.78, 5) is 0. The summed E-state index contributed by atoms with van der Waals surface area (Å²) in [6, 6.07) is 15.7. The van der Waals surface area contributed by atoms with Crippen LogP contribution in [0.25, 0.3) is 5.57 Å². The Balaban J connectivity index is 1.08. The standard InChI is InChI=1S/C39H55F/c1-3-5-7-8-29-10-12-30(13-11-29)31-14-16-32(17-15-31)33-18-20-34(21-19-33)35-22-24-36(25-23-35)38-27-26-37(9-6-4-2)39(40)28-38/h18-22,26-32,36H,3-17,23-25H2,1-2H3. The van der Waals surface area contributed by atoms with Gasteiger partial charge < -0.3 is 0 Å². The molecule has 40 heavy (non-hydrogen) atoms. The Morgan fingerprint density at radius 1 is 0.675 bits per heavy atom.